The van der Waals surface area contributed by atoms with Crippen LogP contribution in [0.2, 0.25) is 0 Å². The van der Waals surface area contributed by atoms with Crippen molar-refractivity contribution in [3.63, 3.8) is 0 Å². The van der Waals surface area contributed by atoms with E-state index < -0.39 is 0 Å². The molecule has 34 heavy (non-hydrogen) atoms. The Morgan fingerprint density at radius 3 is 2.88 bits per heavy atom. The third-order valence-corrected chi connectivity index (χ3v) is 6.66. The predicted molar refractivity (Wildman–Crippen MR) is 132 cm³/mol. The number of fused-ring (bicyclic) bond motifs is 2. The van der Waals surface area contributed by atoms with Crippen molar-refractivity contribution in [2.24, 2.45) is 0 Å². The Kier molecular flexibility index (Phi) is 6.63. The van der Waals surface area contributed by atoms with E-state index in [4.69, 9.17) is 14.5 Å². The van der Waals surface area contributed by atoms with Gasteiger partial charge in [0.25, 0.3) is 11.5 Å². The van der Waals surface area contributed by atoms with E-state index in [0.29, 0.717) is 41.1 Å². The summed E-state index contributed by atoms with van der Waals surface area (Å²) in [5.74, 6) is 1.18. The summed E-state index contributed by atoms with van der Waals surface area (Å²) in [5, 5.41) is 3.53. The first-order valence-electron chi connectivity index (χ1n) is 12.3. The van der Waals surface area contributed by atoms with Gasteiger partial charge in [-0.2, -0.15) is 0 Å². The van der Waals surface area contributed by atoms with E-state index in [1.165, 1.54) is 0 Å². The third kappa shape index (κ3) is 4.85. The van der Waals surface area contributed by atoms with E-state index in [-0.39, 0.29) is 17.6 Å². The van der Waals surface area contributed by atoms with Crippen LogP contribution < -0.4 is 15.6 Å². The average Bonchev–Trinajstić information content (AvgIpc) is 3.34. The third-order valence-electron chi connectivity index (χ3n) is 6.66. The lowest BCUT2D eigenvalue weighted by atomic mass is 10.1. The summed E-state index contributed by atoms with van der Waals surface area (Å²) in [6.45, 7) is 3.93. The van der Waals surface area contributed by atoms with Crippen LogP contribution in [-0.4, -0.2) is 34.8 Å². The van der Waals surface area contributed by atoms with Crippen LogP contribution in [0.3, 0.4) is 0 Å². The number of anilines is 1. The number of benzene rings is 2. The number of aromatic nitrogens is 2. The standard InChI is InChI=1S/C27H31N3O4/c1-18-9-12-22(24(15-18)34-17-20-7-6-14-33-20)29-26(31)19-10-11-21-23(16-19)28-25-8-4-2-3-5-13-30(25)27(21)32/h9-12,15-16,20H,2-8,13-14,17H2,1H3,(H,29,31). The second-order valence-corrected chi connectivity index (χ2v) is 9.28. The molecule has 2 aromatic carbocycles. The Bertz CT molecular complexity index is 1260. The fourth-order valence-corrected chi connectivity index (χ4v) is 4.74. The number of carbonyl (C=O) groups excluding carboxylic acids is 1. The van der Waals surface area contributed by atoms with E-state index >= 15 is 0 Å². The van der Waals surface area contributed by atoms with Gasteiger partial charge in [0.1, 0.15) is 18.2 Å². The van der Waals surface area contributed by atoms with E-state index in [0.717, 1.165) is 62.9 Å². The molecule has 2 aliphatic rings. The molecule has 2 aliphatic heterocycles. The molecule has 1 saturated heterocycles. The molecule has 1 aromatic heterocycles. The first-order valence-corrected chi connectivity index (χ1v) is 12.3. The van der Waals surface area contributed by atoms with Gasteiger partial charge >= 0.3 is 0 Å². The van der Waals surface area contributed by atoms with E-state index in [9.17, 15) is 9.59 Å². The lowest BCUT2D eigenvalue weighted by Gasteiger charge is -2.17. The van der Waals surface area contributed by atoms with Gasteiger partial charge in [-0.1, -0.05) is 18.9 Å². The van der Waals surface area contributed by atoms with Crippen molar-refractivity contribution in [2.45, 2.75) is 64.5 Å². The van der Waals surface area contributed by atoms with Gasteiger partial charge in [0.2, 0.25) is 0 Å². The van der Waals surface area contributed by atoms with E-state index in [2.05, 4.69) is 5.32 Å². The second-order valence-electron chi connectivity index (χ2n) is 9.28. The Hall–Kier alpha value is -3.19. The number of hydrogen-bond donors (Lipinski definition) is 1. The normalized spacial score (nSPS) is 18.2. The summed E-state index contributed by atoms with van der Waals surface area (Å²) in [6, 6.07) is 10.8. The summed E-state index contributed by atoms with van der Waals surface area (Å²) >= 11 is 0. The van der Waals surface area contributed by atoms with Crippen LogP contribution in [0.15, 0.2) is 41.2 Å². The SMILES string of the molecule is Cc1ccc(NC(=O)c2ccc3c(=O)n4c(nc3c2)CCCCCC4)c(OCC2CCCO2)c1. The molecule has 0 spiro atoms. The quantitative estimate of drug-likeness (QED) is 0.599. The van der Waals surface area contributed by atoms with Gasteiger partial charge in [0.15, 0.2) is 0 Å². The molecule has 0 bridgehead atoms. The van der Waals surface area contributed by atoms with Gasteiger partial charge in [0.05, 0.1) is 22.7 Å². The Morgan fingerprint density at radius 2 is 2.03 bits per heavy atom. The number of amides is 1. The number of nitrogens with one attached hydrogen (secondary N) is 1. The fraction of sp³-hybridized carbons (Fsp3) is 0.444. The molecule has 1 unspecified atom stereocenters. The molecule has 3 aromatic rings. The summed E-state index contributed by atoms with van der Waals surface area (Å²) in [4.78, 5) is 31.0. The Morgan fingerprint density at radius 1 is 1.15 bits per heavy atom. The number of nitrogens with zero attached hydrogens (tertiary/aromatic N) is 2. The molecule has 5 rings (SSSR count). The Labute approximate surface area is 199 Å². The van der Waals surface area contributed by atoms with Crippen molar-refractivity contribution < 1.29 is 14.3 Å². The van der Waals surface area contributed by atoms with Crippen molar-refractivity contribution in [1.29, 1.82) is 0 Å². The minimum Gasteiger partial charge on any atom is -0.489 e. The van der Waals surface area contributed by atoms with Crippen molar-refractivity contribution in [3.05, 3.63) is 63.7 Å². The minimum absolute atomic E-state index is 0.0165. The molecule has 1 atom stereocenters. The van der Waals surface area contributed by atoms with Gasteiger partial charge in [-0.05, 0) is 68.5 Å². The maximum absolute atomic E-state index is 13.1. The van der Waals surface area contributed by atoms with Gasteiger partial charge in [-0.3, -0.25) is 14.2 Å². The van der Waals surface area contributed by atoms with Crippen LogP contribution in [0.4, 0.5) is 5.69 Å². The zero-order valence-corrected chi connectivity index (χ0v) is 19.6. The molecule has 0 radical (unpaired) electrons. The fourth-order valence-electron chi connectivity index (χ4n) is 4.74. The maximum Gasteiger partial charge on any atom is 0.261 e. The highest BCUT2D eigenvalue weighted by Gasteiger charge is 2.19. The highest BCUT2D eigenvalue weighted by Crippen LogP contribution is 2.28. The molecule has 1 N–H and O–H groups in total. The number of aryl methyl sites for hydroxylation is 2. The largest absolute Gasteiger partial charge is 0.489 e. The van der Waals surface area contributed by atoms with Crippen LogP contribution in [0.25, 0.3) is 10.9 Å². The Balaban J connectivity index is 1.39. The molecule has 3 heterocycles. The highest BCUT2D eigenvalue weighted by molar-refractivity contribution is 6.06. The molecule has 7 heteroatoms. The highest BCUT2D eigenvalue weighted by atomic mass is 16.5. The van der Waals surface area contributed by atoms with Gasteiger partial charge in [0, 0.05) is 25.1 Å². The van der Waals surface area contributed by atoms with Crippen LogP contribution in [-0.2, 0) is 17.7 Å². The monoisotopic (exact) mass is 461 g/mol. The predicted octanol–water partition coefficient (Wildman–Crippen LogP) is 4.63. The van der Waals surface area contributed by atoms with E-state index in [1.807, 2.05) is 29.7 Å². The average molecular weight is 462 g/mol. The zero-order valence-electron chi connectivity index (χ0n) is 19.6. The summed E-state index contributed by atoms with van der Waals surface area (Å²) in [7, 11) is 0. The number of hydrogen-bond acceptors (Lipinski definition) is 5. The first kappa shape index (κ1) is 22.6. The van der Waals surface area contributed by atoms with Crippen molar-refractivity contribution in [2.75, 3.05) is 18.5 Å². The molecule has 0 saturated carbocycles. The second kappa shape index (κ2) is 9.97. The van der Waals surface area contributed by atoms with Gasteiger partial charge < -0.3 is 14.8 Å². The van der Waals surface area contributed by atoms with Crippen molar-refractivity contribution >= 4 is 22.5 Å². The summed E-state index contributed by atoms with van der Waals surface area (Å²) < 4.78 is 13.5. The molecule has 1 fully saturated rings. The first-order chi connectivity index (χ1) is 16.6. The lowest BCUT2D eigenvalue weighted by Crippen LogP contribution is -2.26. The van der Waals surface area contributed by atoms with Crippen molar-refractivity contribution in [3.8, 4) is 5.75 Å². The van der Waals surface area contributed by atoms with E-state index in [1.54, 1.807) is 18.2 Å². The molecular formula is C27H31N3O4. The molecule has 178 valence electrons. The van der Waals surface area contributed by atoms with Crippen LogP contribution >= 0.6 is 0 Å². The summed E-state index contributed by atoms with van der Waals surface area (Å²) in [6.07, 6.45) is 7.24. The number of rotatable bonds is 5. The molecule has 1 amide bonds. The van der Waals surface area contributed by atoms with Gasteiger partial charge in [-0.25, -0.2) is 4.98 Å². The molecule has 7 nitrogen and oxygen atoms in total. The van der Waals surface area contributed by atoms with Crippen LogP contribution in [0.5, 0.6) is 5.75 Å². The lowest BCUT2D eigenvalue weighted by molar-refractivity contribution is 0.0681. The molecular weight excluding hydrogens is 430 g/mol. The maximum atomic E-state index is 13.1. The van der Waals surface area contributed by atoms with Crippen LogP contribution in [0.1, 0.15) is 60.3 Å². The summed E-state index contributed by atoms with van der Waals surface area (Å²) in [5.41, 5.74) is 2.67. The van der Waals surface area contributed by atoms with Crippen molar-refractivity contribution in [1.82, 2.24) is 9.55 Å². The smallest absolute Gasteiger partial charge is 0.261 e. The van der Waals surface area contributed by atoms with Gasteiger partial charge in [-0.15, -0.1) is 0 Å². The topological polar surface area (TPSA) is 82.5 Å². The number of ether oxygens (including phenoxy) is 2. The van der Waals surface area contributed by atoms with Crippen LogP contribution in [0, 0.1) is 6.92 Å². The number of carbonyl (C=O) groups is 1. The molecule has 0 aliphatic carbocycles. The zero-order chi connectivity index (χ0) is 23.5. The minimum atomic E-state index is -0.263.